The van der Waals surface area contributed by atoms with Crippen LogP contribution in [-0.2, 0) is 16.1 Å². The number of nitrogens with zero attached hydrogens (tertiary/aromatic N) is 5. The van der Waals surface area contributed by atoms with Crippen LogP contribution in [0.15, 0.2) is 43.2 Å². The fourth-order valence-corrected chi connectivity index (χ4v) is 3.95. The molecule has 2 N–H and O–H groups in total. The molecule has 0 bridgehead atoms. The van der Waals surface area contributed by atoms with Gasteiger partial charge < -0.3 is 20.3 Å². The summed E-state index contributed by atoms with van der Waals surface area (Å²) in [5, 5.41) is 6.73. The number of aromatic nitrogens is 3. The Morgan fingerprint density at radius 2 is 1.97 bits per heavy atom. The van der Waals surface area contributed by atoms with Crippen molar-refractivity contribution < 1.29 is 9.53 Å². The number of morpholine rings is 1. The molecule has 0 spiro atoms. The van der Waals surface area contributed by atoms with Crippen LogP contribution in [0.5, 0.6) is 0 Å². The van der Waals surface area contributed by atoms with Gasteiger partial charge in [0.1, 0.15) is 11.6 Å². The quantitative estimate of drug-likeness (QED) is 0.654. The molecule has 31 heavy (non-hydrogen) atoms. The van der Waals surface area contributed by atoms with Crippen molar-refractivity contribution in [2.24, 2.45) is 0 Å². The second kappa shape index (κ2) is 10.3. The van der Waals surface area contributed by atoms with E-state index in [9.17, 15) is 4.79 Å². The van der Waals surface area contributed by atoms with Gasteiger partial charge in [0.05, 0.1) is 13.2 Å². The van der Waals surface area contributed by atoms with Gasteiger partial charge >= 0.3 is 0 Å². The normalized spacial score (nSPS) is 19.6. The molecule has 2 aromatic heterocycles. The number of hydrogen-bond acceptors (Lipinski definition) is 8. The third kappa shape index (κ3) is 5.99. The lowest BCUT2D eigenvalue weighted by Crippen LogP contribution is -2.44. The van der Waals surface area contributed by atoms with E-state index in [-0.39, 0.29) is 11.9 Å². The Hall–Kier alpha value is -3.04. The van der Waals surface area contributed by atoms with Gasteiger partial charge in [0.2, 0.25) is 11.9 Å². The number of piperidine rings is 1. The second-order valence-corrected chi connectivity index (χ2v) is 7.80. The van der Waals surface area contributed by atoms with E-state index in [0.29, 0.717) is 18.3 Å². The van der Waals surface area contributed by atoms with Gasteiger partial charge in [-0.15, -0.1) is 0 Å². The molecule has 2 aliphatic heterocycles. The maximum absolute atomic E-state index is 12.0. The summed E-state index contributed by atoms with van der Waals surface area (Å²) in [5.41, 5.74) is 1.15. The number of amides is 1. The molecule has 2 aliphatic rings. The number of nitrogens with one attached hydrogen (secondary N) is 2. The van der Waals surface area contributed by atoms with Gasteiger partial charge in [-0.1, -0.05) is 6.58 Å². The Balaban J connectivity index is 1.51. The van der Waals surface area contributed by atoms with Crippen molar-refractivity contribution in [3.8, 4) is 0 Å². The molecule has 0 aliphatic carbocycles. The highest BCUT2D eigenvalue weighted by molar-refractivity contribution is 5.87. The molecule has 2 aromatic rings. The summed E-state index contributed by atoms with van der Waals surface area (Å²) >= 11 is 0. The summed E-state index contributed by atoms with van der Waals surface area (Å²) in [7, 11) is 0. The Kier molecular flexibility index (Phi) is 7.06. The van der Waals surface area contributed by atoms with Crippen molar-refractivity contribution in [1.29, 1.82) is 0 Å². The molecule has 1 atom stereocenters. The van der Waals surface area contributed by atoms with Gasteiger partial charge in [-0.25, -0.2) is 15.0 Å². The SMILES string of the molecule is C=CC(=O)N1CCCC(Nc2cc(CN3CCOCC3)cc(Nc3ncccn3)n2)C1. The van der Waals surface area contributed by atoms with Crippen molar-refractivity contribution in [3.05, 3.63) is 48.8 Å². The van der Waals surface area contributed by atoms with E-state index in [2.05, 4.69) is 38.1 Å². The van der Waals surface area contributed by atoms with Gasteiger partial charge in [-0.3, -0.25) is 9.69 Å². The van der Waals surface area contributed by atoms with E-state index < -0.39 is 0 Å². The number of carbonyl (C=O) groups is 1. The van der Waals surface area contributed by atoms with Crippen molar-refractivity contribution in [2.45, 2.75) is 25.4 Å². The molecule has 9 heteroatoms. The van der Waals surface area contributed by atoms with Crippen LogP contribution in [0.1, 0.15) is 18.4 Å². The molecule has 0 saturated carbocycles. The van der Waals surface area contributed by atoms with Crippen LogP contribution < -0.4 is 10.6 Å². The van der Waals surface area contributed by atoms with Crippen molar-refractivity contribution in [3.63, 3.8) is 0 Å². The van der Waals surface area contributed by atoms with Gasteiger partial charge in [0.15, 0.2) is 0 Å². The van der Waals surface area contributed by atoms with E-state index in [1.165, 1.54) is 6.08 Å². The zero-order valence-corrected chi connectivity index (χ0v) is 17.7. The van der Waals surface area contributed by atoms with E-state index in [1.54, 1.807) is 18.5 Å². The maximum Gasteiger partial charge on any atom is 0.246 e. The van der Waals surface area contributed by atoms with Crippen molar-refractivity contribution in [1.82, 2.24) is 24.8 Å². The number of ether oxygens (including phenoxy) is 1. The van der Waals surface area contributed by atoms with Gasteiger partial charge in [-0.05, 0) is 42.7 Å². The first-order valence-corrected chi connectivity index (χ1v) is 10.7. The Bertz CT molecular complexity index is 887. The Labute approximate surface area is 182 Å². The molecule has 2 saturated heterocycles. The third-order valence-electron chi connectivity index (χ3n) is 5.46. The average molecular weight is 424 g/mol. The highest BCUT2D eigenvalue weighted by Gasteiger charge is 2.23. The first-order chi connectivity index (χ1) is 15.2. The molecule has 0 radical (unpaired) electrons. The van der Waals surface area contributed by atoms with Gasteiger partial charge in [-0.2, -0.15) is 0 Å². The monoisotopic (exact) mass is 423 g/mol. The van der Waals surface area contributed by atoms with E-state index in [1.807, 2.05) is 11.0 Å². The molecule has 164 valence electrons. The molecule has 4 heterocycles. The largest absolute Gasteiger partial charge is 0.379 e. The lowest BCUT2D eigenvalue weighted by atomic mass is 10.1. The number of pyridine rings is 1. The smallest absolute Gasteiger partial charge is 0.246 e. The molecule has 2 fully saturated rings. The van der Waals surface area contributed by atoms with E-state index in [4.69, 9.17) is 9.72 Å². The highest BCUT2D eigenvalue weighted by Crippen LogP contribution is 2.21. The minimum absolute atomic E-state index is 0.0240. The van der Waals surface area contributed by atoms with E-state index >= 15 is 0 Å². The maximum atomic E-state index is 12.0. The van der Waals surface area contributed by atoms with Crippen LogP contribution in [0, 0.1) is 0 Å². The van der Waals surface area contributed by atoms with Crippen molar-refractivity contribution >= 4 is 23.5 Å². The summed E-state index contributed by atoms with van der Waals surface area (Å²) in [5.74, 6) is 1.95. The lowest BCUT2D eigenvalue weighted by molar-refractivity contribution is -0.127. The minimum Gasteiger partial charge on any atom is -0.379 e. The molecule has 4 rings (SSSR count). The number of rotatable bonds is 7. The summed E-state index contributed by atoms with van der Waals surface area (Å²) in [6, 6.07) is 6.04. The van der Waals surface area contributed by atoms with Crippen LogP contribution in [0.3, 0.4) is 0 Å². The topological polar surface area (TPSA) is 95.5 Å². The first kappa shape index (κ1) is 21.2. The van der Waals surface area contributed by atoms with E-state index in [0.717, 1.165) is 63.6 Å². The zero-order valence-electron chi connectivity index (χ0n) is 17.7. The molecular formula is C22H29N7O2. The third-order valence-corrected chi connectivity index (χ3v) is 5.46. The Morgan fingerprint density at radius 1 is 1.19 bits per heavy atom. The lowest BCUT2D eigenvalue weighted by Gasteiger charge is -2.33. The van der Waals surface area contributed by atoms with Gasteiger partial charge in [0, 0.05) is 51.2 Å². The first-order valence-electron chi connectivity index (χ1n) is 10.7. The fraction of sp³-hybridized carbons (Fsp3) is 0.455. The summed E-state index contributed by atoms with van der Waals surface area (Å²) in [6.45, 7) is 9.18. The summed E-state index contributed by atoms with van der Waals surface area (Å²) in [6.07, 6.45) is 6.71. The van der Waals surface area contributed by atoms with Crippen LogP contribution in [0.25, 0.3) is 0 Å². The fourth-order valence-electron chi connectivity index (χ4n) is 3.95. The van der Waals surface area contributed by atoms with Crippen molar-refractivity contribution in [2.75, 3.05) is 50.0 Å². The number of hydrogen-bond donors (Lipinski definition) is 2. The zero-order chi connectivity index (χ0) is 21.5. The van der Waals surface area contributed by atoms with Crippen LogP contribution in [0.4, 0.5) is 17.6 Å². The molecule has 9 nitrogen and oxygen atoms in total. The second-order valence-electron chi connectivity index (χ2n) is 7.80. The molecule has 1 unspecified atom stereocenters. The standard InChI is InChI=1S/C22H29N7O2/c1-2-21(30)29-8-3-5-18(16-29)25-19-13-17(15-28-9-11-31-12-10-28)14-20(26-19)27-22-23-6-4-7-24-22/h2,4,6-7,13-14,18H,1,3,5,8-12,15-16H2,(H2,23,24,25,26,27). The number of carbonyl (C=O) groups excluding carboxylic acids is 1. The van der Waals surface area contributed by atoms with Gasteiger partial charge in [0.25, 0.3) is 0 Å². The highest BCUT2D eigenvalue weighted by atomic mass is 16.5. The Morgan fingerprint density at radius 3 is 2.74 bits per heavy atom. The number of likely N-dealkylation sites (tertiary alicyclic amines) is 1. The molecular weight excluding hydrogens is 394 g/mol. The molecule has 1 amide bonds. The minimum atomic E-state index is -0.0240. The van der Waals surface area contributed by atoms with Crippen LogP contribution in [-0.4, -0.2) is 76.1 Å². The predicted molar refractivity (Wildman–Crippen MR) is 119 cm³/mol. The number of anilines is 3. The molecule has 0 aromatic carbocycles. The summed E-state index contributed by atoms with van der Waals surface area (Å²) < 4.78 is 5.47. The predicted octanol–water partition coefficient (Wildman–Crippen LogP) is 2.04. The van der Waals surface area contributed by atoms with Crippen LogP contribution >= 0.6 is 0 Å². The summed E-state index contributed by atoms with van der Waals surface area (Å²) in [4.78, 5) is 29.4. The van der Waals surface area contributed by atoms with Crippen LogP contribution in [0.2, 0.25) is 0 Å². The average Bonchev–Trinajstić information content (AvgIpc) is 2.80.